The zero-order valence-electron chi connectivity index (χ0n) is 60.2. The van der Waals surface area contributed by atoms with Gasteiger partial charge in [0.2, 0.25) is 49.2 Å². The molecular formula is C54H45Cl2N13Na6O33S10. The first-order valence-corrected chi connectivity index (χ1v) is 40.7. The Labute approximate surface area is 830 Å². The van der Waals surface area contributed by atoms with E-state index in [-0.39, 0.29) is 319 Å². The second kappa shape index (κ2) is 54.5. The number of nitrogens with zero attached hydrogens (tertiary/aromatic N) is 10. The zero-order valence-corrected chi connectivity index (χ0v) is 81.9. The minimum Gasteiger partial charge on any atom is -0.744 e. The van der Waals surface area contributed by atoms with Gasteiger partial charge in [0.1, 0.15) is 37.4 Å². The van der Waals surface area contributed by atoms with E-state index in [1.54, 1.807) is 0 Å². The van der Waals surface area contributed by atoms with Crippen molar-refractivity contribution < 1.29 is 325 Å². The van der Waals surface area contributed by atoms with Gasteiger partial charge in [0, 0.05) is 52.1 Å². The van der Waals surface area contributed by atoms with E-state index in [4.69, 9.17) is 46.2 Å². The van der Waals surface area contributed by atoms with E-state index in [1.165, 1.54) is 79.7 Å². The average molecular weight is 1930 g/mol. The molecule has 118 heavy (non-hydrogen) atoms. The molecule has 0 bridgehead atoms. The second-order valence-corrected chi connectivity index (χ2v) is 30.9. The first-order chi connectivity index (χ1) is 52.3. The Bertz CT molecular complexity index is 5630. The van der Waals surface area contributed by atoms with Gasteiger partial charge in [-0.3, -0.25) is 27.2 Å². The molecule has 0 saturated heterocycles. The van der Waals surface area contributed by atoms with Crippen LogP contribution in [0.4, 0.5) is 57.7 Å². The number of aromatic hydroxyl groups is 2. The van der Waals surface area contributed by atoms with Crippen LogP contribution in [0, 0.1) is 19.8 Å². The van der Waals surface area contributed by atoms with Crippen LogP contribution in [-0.4, -0.2) is 151 Å². The molecule has 7 aromatic carbocycles. The van der Waals surface area contributed by atoms with Crippen molar-refractivity contribution in [1.29, 1.82) is 0 Å². The van der Waals surface area contributed by atoms with Crippen LogP contribution in [0.1, 0.15) is 13.3 Å². The van der Waals surface area contributed by atoms with Crippen LogP contribution in [0.25, 0.3) is 21.5 Å². The third-order valence-electron chi connectivity index (χ3n) is 12.3. The molecule has 0 radical (unpaired) electrons. The monoisotopic (exact) mass is 1930 g/mol. The second-order valence-electron chi connectivity index (χ2n) is 19.6. The molecule has 0 unspecified atom stereocenters. The maximum Gasteiger partial charge on any atom is 1.00 e. The smallest absolute Gasteiger partial charge is 0.744 e. The van der Waals surface area contributed by atoms with Crippen LogP contribution in [0.5, 0.6) is 23.0 Å². The van der Waals surface area contributed by atoms with Crippen LogP contribution in [0.2, 0.25) is 10.6 Å². The van der Waals surface area contributed by atoms with Gasteiger partial charge in [-0.2, -0.15) is 60.7 Å². The number of halogens is 2. The third kappa shape index (κ3) is 38.7. The van der Waals surface area contributed by atoms with Gasteiger partial charge >= 0.3 is 188 Å². The summed E-state index contributed by atoms with van der Waals surface area (Å²) >= 11 is 13.9. The van der Waals surface area contributed by atoms with Gasteiger partial charge in [0.05, 0.1) is 97.7 Å². The number of fused-ring (bicyclic) bond motifs is 2. The first-order valence-electron chi connectivity index (χ1n) is 28.4. The van der Waals surface area contributed by atoms with E-state index in [9.17, 15) is 89.4 Å². The molecule has 0 spiro atoms. The number of hydrogen-bond donors (Lipinski definition) is 6. The standard InChI is InChI=1S/C29H26ClN7O20S6.C22H19ClN6O13S4.C2H2.CH4.6Na/c30-27-33-28(31-17-3-7-20(8-4-17)61(43,44)51-9-10-52-62(45,46)47)35-29(34-27)32-22-15-21(60(40,41)42)13-16-14-23(59-57-55-39)25(26(38)24(16)22)37-36-18-1-5-19(6-2-18)54-56-58-12-11-53-63(48,49)50;1-11-24-21(23)27-22(25-11)26-16-10-15(45(32,33)34)8-12-9-17(44-42-40-31)19(20(30)18(12)16)29-28-13-2-4-14(5-3-13)39-41-43-7-6-38-46(35,36)37;1-2;;;;;;;/h1-8,13-15,38-39H,9-12H2,(H,40,41,42)(H,45,46,47)(H,48,49,50)(H2,31,32,33,34,35);2-5,8-10,30-31H,6-7H2,1H3,(H,32,33,34)(H,35,36,37)(H,24,25,26,27);1-2H;1H4;;;;;;/q;;;;6*+1/p-6. The van der Waals surface area contributed by atoms with Crippen LogP contribution in [-0.2, 0) is 106 Å². The van der Waals surface area contributed by atoms with Crippen molar-refractivity contribution in [3.05, 3.63) is 126 Å². The van der Waals surface area contributed by atoms with E-state index in [1.807, 2.05) is 0 Å². The number of anilines is 6. The fourth-order valence-corrected chi connectivity index (χ4v) is 13.2. The van der Waals surface area contributed by atoms with Crippen molar-refractivity contribution in [2.45, 2.75) is 38.8 Å². The summed E-state index contributed by atoms with van der Waals surface area (Å²) in [5.74, 6) is -1.66. The minimum absolute atomic E-state index is 0. The topological polar surface area (TPSA) is 678 Å². The number of aromatic nitrogens is 6. The Morgan fingerprint density at radius 2 is 0.847 bits per heavy atom. The molecule has 604 valence electrons. The van der Waals surface area contributed by atoms with Crippen molar-refractivity contribution in [3.8, 4) is 35.8 Å². The largest absolute Gasteiger partial charge is 1.00 e. The Morgan fingerprint density at radius 3 is 1.22 bits per heavy atom. The van der Waals surface area contributed by atoms with E-state index in [0.717, 1.165) is 36.4 Å². The summed E-state index contributed by atoms with van der Waals surface area (Å²) in [7, 11) is -29.1. The Balaban J connectivity index is 0.00000223. The molecule has 6 N–H and O–H groups in total. The van der Waals surface area contributed by atoms with Crippen molar-refractivity contribution >= 4 is 212 Å². The SMILES string of the molecule is C.C#C.Cc1nc(Cl)nc(Nc2cc(S(=O)(=O)[O-])cc3cc(SOO[O-])c(N=Nc4ccc(OOSCCOS(=O)(=O)[O-])cc4)c(O)c23)n1.O=S(=O)([O-])OCCSOOc1ccc(N=Nc2c(SOO[O-])cc3cc(S(=O)(=O)[O-])cc(Nc4nc(Cl)nc(Nc5ccc(S(=O)(=O)OCCOS(=O)(=O)O)cc5)n4)c3c2O)cc1.[Na+].[Na+].[Na+].[Na+].[Na+].[Na+]. The molecule has 0 amide bonds. The molecular weight excluding hydrogens is 1890 g/mol. The van der Waals surface area contributed by atoms with E-state index in [2.05, 4.69) is 115 Å². The normalized spacial score (nSPS) is 11.5. The van der Waals surface area contributed by atoms with Crippen molar-refractivity contribution in [2.75, 3.05) is 53.9 Å². The number of phenols is 2. The summed E-state index contributed by atoms with van der Waals surface area (Å²) in [6.45, 7) is -0.912. The average Bonchev–Trinajstić information content (AvgIpc) is 0.775. The van der Waals surface area contributed by atoms with Crippen LogP contribution in [0.3, 0.4) is 0 Å². The predicted molar refractivity (Wildman–Crippen MR) is 382 cm³/mol. The van der Waals surface area contributed by atoms with Crippen LogP contribution in [0.15, 0.2) is 154 Å². The summed E-state index contributed by atoms with van der Waals surface area (Å²) in [5, 5.41) is 74.3. The Kier molecular flexibility index (Phi) is 53.3. The Hall–Kier alpha value is -2.56. The summed E-state index contributed by atoms with van der Waals surface area (Å²) in [5.41, 5.74) is -0.515. The van der Waals surface area contributed by atoms with E-state index in [0.29, 0.717) is 36.1 Å². The van der Waals surface area contributed by atoms with Gasteiger partial charge in [-0.15, -0.1) is 31.7 Å². The molecule has 9 aromatic rings. The number of aryl methyl sites for hydroxylation is 1. The third-order valence-corrected chi connectivity index (χ3v) is 19.1. The van der Waals surface area contributed by atoms with Crippen molar-refractivity contribution in [3.63, 3.8) is 0 Å². The summed E-state index contributed by atoms with van der Waals surface area (Å²) in [6, 6.07) is 22.0. The molecule has 0 atom stereocenters. The quantitative estimate of drug-likeness (QED) is 0.00200. The van der Waals surface area contributed by atoms with Gasteiger partial charge in [0.15, 0.2) is 23.0 Å². The number of nitrogens with one attached hydrogen (secondary N) is 3. The molecule has 0 saturated carbocycles. The van der Waals surface area contributed by atoms with E-state index >= 15 is 0 Å². The number of phenolic OH excluding ortho intramolecular Hbond substituents is 2. The van der Waals surface area contributed by atoms with Gasteiger partial charge in [0.25, 0.3) is 10.1 Å². The molecule has 46 nitrogen and oxygen atoms in total. The predicted octanol–water partition coefficient (Wildman–Crippen LogP) is -10.3. The molecule has 0 aliphatic heterocycles. The maximum absolute atomic E-state index is 12.5. The van der Waals surface area contributed by atoms with Crippen LogP contribution < -0.4 is 214 Å². The van der Waals surface area contributed by atoms with Crippen molar-refractivity contribution in [2.24, 2.45) is 20.5 Å². The Morgan fingerprint density at radius 1 is 0.466 bits per heavy atom. The van der Waals surface area contributed by atoms with Gasteiger partial charge in [-0.05, 0) is 150 Å². The maximum atomic E-state index is 12.5. The fourth-order valence-electron chi connectivity index (χ4n) is 8.11. The number of hydrogen-bond acceptors (Lipinski definition) is 49. The van der Waals surface area contributed by atoms with E-state index < -0.39 is 121 Å². The minimum atomic E-state index is -5.18. The molecule has 64 heteroatoms. The first kappa shape index (κ1) is 115. The molecule has 9 rings (SSSR count). The van der Waals surface area contributed by atoms with Crippen LogP contribution >= 0.6 is 71.4 Å². The van der Waals surface area contributed by atoms with Gasteiger partial charge in [-0.1, -0.05) is 7.43 Å². The van der Waals surface area contributed by atoms with Gasteiger partial charge in [-0.25, -0.2) is 42.8 Å². The molecule has 2 heterocycles. The number of terminal acetylenes is 1. The van der Waals surface area contributed by atoms with Crippen molar-refractivity contribution in [1.82, 2.24) is 29.9 Å². The summed E-state index contributed by atoms with van der Waals surface area (Å²) in [6.07, 6.45) is 8.00. The number of azo groups is 2. The number of benzene rings is 7. The molecule has 0 aliphatic carbocycles. The van der Waals surface area contributed by atoms with Gasteiger partial charge < -0.3 is 64.7 Å². The molecule has 0 aliphatic rings. The fraction of sp³-hybridized carbons (Fsp3) is 0.148. The zero-order chi connectivity index (χ0) is 81.5. The molecule has 2 aromatic heterocycles. The number of rotatable bonds is 38. The molecule has 0 fully saturated rings. The summed E-state index contributed by atoms with van der Waals surface area (Å²) in [4.78, 5) is 31.8. The summed E-state index contributed by atoms with van der Waals surface area (Å²) < 4.78 is 225.